The predicted octanol–water partition coefficient (Wildman–Crippen LogP) is -0.378. The molecule has 76 valence electrons. The Labute approximate surface area is 89.1 Å². The van der Waals surface area contributed by atoms with E-state index in [1.165, 1.54) is 6.92 Å². The normalized spacial score (nSPS) is 8.15. The number of carbonyl (C=O) groups is 4. The first-order valence-electron chi connectivity index (χ1n) is 3.18. The van der Waals surface area contributed by atoms with E-state index in [4.69, 9.17) is 0 Å². The standard InChI is InChI=1S/C7H8O5.Pt/c1-4(8)3-6(10)7(11)12-5(2)9;/h3H2,1-2H3;. The van der Waals surface area contributed by atoms with Gasteiger partial charge in [0, 0.05) is 28.0 Å². The molecule has 0 aromatic heterocycles. The van der Waals surface area contributed by atoms with Crippen molar-refractivity contribution in [2.75, 3.05) is 0 Å². The molecule has 0 fully saturated rings. The Morgan fingerprint density at radius 2 is 1.54 bits per heavy atom. The summed E-state index contributed by atoms with van der Waals surface area (Å²) in [4.78, 5) is 41.7. The SMILES string of the molecule is CC(=O)CC(=O)C(=O)OC(C)=O.[Pt]. The third kappa shape index (κ3) is 7.53. The number of carbonyl (C=O) groups excluding carboxylic acids is 4. The van der Waals surface area contributed by atoms with E-state index in [1.807, 2.05) is 0 Å². The molecule has 5 nitrogen and oxygen atoms in total. The van der Waals surface area contributed by atoms with Crippen LogP contribution in [0.3, 0.4) is 0 Å². The van der Waals surface area contributed by atoms with Crippen molar-refractivity contribution in [2.45, 2.75) is 20.3 Å². The van der Waals surface area contributed by atoms with Gasteiger partial charge in [-0.05, 0) is 6.92 Å². The van der Waals surface area contributed by atoms with Gasteiger partial charge in [0.2, 0.25) is 5.78 Å². The molecule has 0 aromatic rings. The quantitative estimate of drug-likeness (QED) is 0.386. The molecule has 0 radical (unpaired) electrons. The Morgan fingerprint density at radius 1 is 1.08 bits per heavy atom. The van der Waals surface area contributed by atoms with Crippen LogP contribution in [0.4, 0.5) is 0 Å². The fourth-order valence-corrected chi connectivity index (χ4v) is 0.486. The average Bonchev–Trinajstić information content (AvgIpc) is 1.84. The summed E-state index contributed by atoms with van der Waals surface area (Å²) in [5, 5.41) is 0. The van der Waals surface area contributed by atoms with Crippen molar-refractivity contribution < 1.29 is 45.0 Å². The summed E-state index contributed by atoms with van der Waals surface area (Å²) in [6.45, 7) is 2.16. The molecule has 6 heteroatoms. The van der Waals surface area contributed by atoms with E-state index in [-0.39, 0.29) is 21.1 Å². The van der Waals surface area contributed by atoms with E-state index in [2.05, 4.69) is 4.74 Å². The van der Waals surface area contributed by atoms with Crippen molar-refractivity contribution in [1.29, 1.82) is 0 Å². The maximum Gasteiger partial charge on any atom is 0.382 e. The molecule has 0 rings (SSSR count). The van der Waals surface area contributed by atoms with Crippen molar-refractivity contribution in [1.82, 2.24) is 0 Å². The number of rotatable bonds is 3. The Kier molecular flexibility index (Phi) is 7.52. The summed E-state index contributed by atoms with van der Waals surface area (Å²) in [5.74, 6) is -3.59. The number of hydrogen-bond donors (Lipinski definition) is 0. The second-order valence-corrected chi connectivity index (χ2v) is 2.18. The molecular weight excluding hydrogens is 359 g/mol. The van der Waals surface area contributed by atoms with Crippen LogP contribution in [-0.2, 0) is 45.0 Å². The minimum absolute atomic E-state index is 0. The predicted molar refractivity (Wildman–Crippen MR) is 37.1 cm³/mol. The number of ether oxygens (including phenoxy) is 1. The van der Waals surface area contributed by atoms with E-state index in [0.717, 1.165) is 6.92 Å². The molecule has 0 unspecified atom stereocenters. The van der Waals surface area contributed by atoms with Gasteiger partial charge in [0.1, 0.15) is 5.78 Å². The molecule has 13 heavy (non-hydrogen) atoms. The van der Waals surface area contributed by atoms with Gasteiger partial charge in [-0.1, -0.05) is 0 Å². The molecular formula is C7H8O5Pt. The van der Waals surface area contributed by atoms with Gasteiger partial charge in [0.05, 0.1) is 6.42 Å². The van der Waals surface area contributed by atoms with Crippen molar-refractivity contribution in [3.63, 3.8) is 0 Å². The molecule has 0 bridgehead atoms. The molecule has 0 aliphatic carbocycles. The third-order valence-corrected chi connectivity index (χ3v) is 0.874. The zero-order chi connectivity index (χ0) is 9.72. The van der Waals surface area contributed by atoms with E-state index in [1.54, 1.807) is 0 Å². The summed E-state index contributed by atoms with van der Waals surface area (Å²) in [6.07, 6.45) is -0.522. The van der Waals surface area contributed by atoms with Gasteiger partial charge < -0.3 is 4.74 Å². The Morgan fingerprint density at radius 3 is 1.85 bits per heavy atom. The summed E-state index contributed by atoms with van der Waals surface area (Å²) in [7, 11) is 0. The van der Waals surface area contributed by atoms with Crippen molar-refractivity contribution in [3.8, 4) is 0 Å². The van der Waals surface area contributed by atoms with Crippen molar-refractivity contribution in [3.05, 3.63) is 0 Å². The van der Waals surface area contributed by atoms with Crippen LogP contribution in [0, 0.1) is 0 Å². The minimum atomic E-state index is -1.28. The maximum atomic E-state index is 10.6. The Hall–Kier alpha value is -0.832. The topological polar surface area (TPSA) is 77.5 Å². The molecule has 0 saturated carbocycles. The van der Waals surface area contributed by atoms with Gasteiger partial charge in [-0.2, -0.15) is 0 Å². The molecule has 0 aliphatic heterocycles. The fraction of sp³-hybridized carbons (Fsp3) is 0.429. The van der Waals surface area contributed by atoms with Crippen LogP contribution in [-0.4, -0.2) is 23.5 Å². The summed E-state index contributed by atoms with van der Waals surface area (Å²) in [6, 6.07) is 0. The zero-order valence-corrected chi connectivity index (χ0v) is 9.34. The molecule has 0 heterocycles. The van der Waals surface area contributed by atoms with Crippen LogP contribution in [0.1, 0.15) is 20.3 Å². The molecule has 0 aliphatic rings. The van der Waals surface area contributed by atoms with Gasteiger partial charge in [-0.25, -0.2) is 4.79 Å². The first kappa shape index (κ1) is 14.7. The third-order valence-electron chi connectivity index (χ3n) is 0.874. The summed E-state index contributed by atoms with van der Waals surface area (Å²) < 4.78 is 3.93. The van der Waals surface area contributed by atoms with Gasteiger partial charge in [-0.15, -0.1) is 0 Å². The first-order valence-corrected chi connectivity index (χ1v) is 3.18. The van der Waals surface area contributed by atoms with E-state index >= 15 is 0 Å². The molecule has 0 saturated heterocycles. The van der Waals surface area contributed by atoms with E-state index in [9.17, 15) is 19.2 Å². The average molecular weight is 367 g/mol. The zero-order valence-electron chi connectivity index (χ0n) is 7.06. The number of esters is 2. The summed E-state index contributed by atoms with van der Waals surface area (Å²) >= 11 is 0. The maximum absolute atomic E-state index is 10.6. The van der Waals surface area contributed by atoms with Crippen LogP contribution >= 0.6 is 0 Å². The molecule has 0 N–H and O–H groups in total. The molecule has 0 aromatic carbocycles. The van der Waals surface area contributed by atoms with Crippen molar-refractivity contribution in [2.24, 2.45) is 0 Å². The van der Waals surface area contributed by atoms with Gasteiger partial charge in [-0.3, -0.25) is 14.4 Å². The van der Waals surface area contributed by atoms with Crippen molar-refractivity contribution >= 4 is 23.5 Å². The van der Waals surface area contributed by atoms with Crippen LogP contribution < -0.4 is 0 Å². The first-order chi connectivity index (χ1) is 5.43. The van der Waals surface area contributed by atoms with Crippen LogP contribution in [0.15, 0.2) is 0 Å². The number of Topliss-reactive ketones (excluding diaryl/α,β-unsaturated/α-hetero) is 2. The Balaban J connectivity index is 0. The Bertz CT molecular complexity index is 219. The molecule has 0 spiro atoms. The smallest absolute Gasteiger partial charge is 0.382 e. The van der Waals surface area contributed by atoms with Gasteiger partial charge in [0.15, 0.2) is 0 Å². The van der Waals surface area contributed by atoms with Gasteiger partial charge in [0.25, 0.3) is 0 Å². The number of ketones is 2. The minimum Gasteiger partial charge on any atom is -0.387 e. The summed E-state index contributed by atoms with van der Waals surface area (Å²) in [5.41, 5.74) is 0. The molecule has 0 atom stereocenters. The fourth-order valence-electron chi connectivity index (χ4n) is 0.486. The van der Waals surface area contributed by atoms with E-state index < -0.39 is 29.9 Å². The molecule has 0 amide bonds. The monoisotopic (exact) mass is 367 g/mol. The van der Waals surface area contributed by atoms with Crippen LogP contribution in [0.25, 0.3) is 0 Å². The second kappa shape index (κ2) is 6.66. The second-order valence-electron chi connectivity index (χ2n) is 2.18. The van der Waals surface area contributed by atoms with Gasteiger partial charge >= 0.3 is 11.9 Å². The number of hydrogen-bond acceptors (Lipinski definition) is 5. The largest absolute Gasteiger partial charge is 0.387 e. The van der Waals surface area contributed by atoms with E-state index in [0.29, 0.717) is 0 Å². The van der Waals surface area contributed by atoms with Crippen LogP contribution in [0.2, 0.25) is 0 Å². The van der Waals surface area contributed by atoms with Crippen LogP contribution in [0.5, 0.6) is 0 Å².